The third-order valence-electron chi connectivity index (χ3n) is 2.71. The highest BCUT2D eigenvalue weighted by atomic mass is 32.1. The van der Waals surface area contributed by atoms with Crippen molar-refractivity contribution in [3.8, 4) is 0 Å². The number of methoxy groups -OCH3 is 1. The van der Waals surface area contributed by atoms with Crippen LogP contribution in [0.3, 0.4) is 0 Å². The van der Waals surface area contributed by atoms with E-state index in [1.54, 1.807) is 11.3 Å². The van der Waals surface area contributed by atoms with Crippen LogP contribution in [-0.2, 0) is 20.7 Å². The lowest BCUT2D eigenvalue weighted by Crippen LogP contribution is -2.42. The van der Waals surface area contributed by atoms with Crippen LogP contribution < -0.4 is 5.32 Å². The fourth-order valence-electron chi connectivity index (χ4n) is 1.79. The third-order valence-corrected chi connectivity index (χ3v) is 3.64. The Morgan fingerprint density at radius 2 is 2.16 bits per heavy atom. The predicted octanol–water partition coefficient (Wildman–Crippen LogP) is 2.38. The van der Waals surface area contributed by atoms with Crippen LogP contribution >= 0.6 is 11.3 Å². The molecule has 0 fully saturated rings. The molecule has 1 N–H and O–H groups in total. The topological polar surface area (TPSA) is 55.4 Å². The molecule has 0 bridgehead atoms. The van der Waals surface area contributed by atoms with E-state index in [-0.39, 0.29) is 11.9 Å². The van der Waals surface area contributed by atoms with Gasteiger partial charge in [-0.15, -0.1) is 11.3 Å². The van der Waals surface area contributed by atoms with Crippen molar-refractivity contribution >= 4 is 23.2 Å². The van der Waals surface area contributed by atoms with Gasteiger partial charge in [-0.25, -0.2) is 4.79 Å². The number of amides is 1. The maximum absolute atomic E-state index is 11.8. The Balaban J connectivity index is 2.44. The van der Waals surface area contributed by atoms with Gasteiger partial charge in [0.2, 0.25) is 5.91 Å². The van der Waals surface area contributed by atoms with Gasteiger partial charge in [-0.2, -0.15) is 0 Å². The molecular formula is C14H21NO3S. The minimum atomic E-state index is -0.541. The van der Waals surface area contributed by atoms with Crippen LogP contribution in [0.5, 0.6) is 0 Å². The van der Waals surface area contributed by atoms with Crippen LogP contribution in [0.1, 0.15) is 31.6 Å². The Morgan fingerprint density at radius 3 is 2.68 bits per heavy atom. The Kier molecular flexibility index (Phi) is 6.56. The Morgan fingerprint density at radius 1 is 1.42 bits per heavy atom. The predicted molar refractivity (Wildman–Crippen MR) is 76.0 cm³/mol. The summed E-state index contributed by atoms with van der Waals surface area (Å²) < 4.78 is 4.71. The van der Waals surface area contributed by atoms with E-state index in [0.717, 1.165) is 0 Å². The zero-order valence-electron chi connectivity index (χ0n) is 11.6. The minimum Gasteiger partial charge on any atom is -0.467 e. The highest BCUT2D eigenvalue weighted by Crippen LogP contribution is 2.11. The van der Waals surface area contributed by atoms with Gasteiger partial charge in [-0.3, -0.25) is 4.79 Å². The molecule has 0 saturated carbocycles. The molecule has 0 aliphatic carbocycles. The lowest BCUT2D eigenvalue weighted by Gasteiger charge is -2.18. The lowest BCUT2D eigenvalue weighted by atomic mass is 10.0. The number of aryl methyl sites for hydroxylation is 1. The number of hydrogen-bond donors (Lipinski definition) is 1. The molecule has 0 aromatic carbocycles. The van der Waals surface area contributed by atoms with Gasteiger partial charge in [0.25, 0.3) is 0 Å². The number of carbonyl (C=O) groups excluding carboxylic acids is 2. The second-order valence-corrected chi connectivity index (χ2v) is 5.88. The number of ether oxygens (including phenoxy) is 1. The third kappa shape index (κ3) is 5.87. The highest BCUT2D eigenvalue weighted by molar-refractivity contribution is 7.09. The molecule has 0 saturated heterocycles. The molecule has 19 heavy (non-hydrogen) atoms. The van der Waals surface area contributed by atoms with Crippen molar-refractivity contribution in [1.82, 2.24) is 5.32 Å². The fourth-order valence-corrected chi connectivity index (χ4v) is 2.49. The molecule has 1 amide bonds. The summed E-state index contributed by atoms with van der Waals surface area (Å²) in [6, 6.07) is 3.43. The normalized spacial score (nSPS) is 12.2. The van der Waals surface area contributed by atoms with E-state index in [4.69, 9.17) is 4.74 Å². The summed E-state index contributed by atoms with van der Waals surface area (Å²) >= 11 is 1.63. The SMILES string of the molecule is COC(=O)C(CC(C)C)NC(=O)CCc1cccs1. The van der Waals surface area contributed by atoms with E-state index >= 15 is 0 Å². The van der Waals surface area contributed by atoms with E-state index in [2.05, 4.69) is 5.32 Å². The van der Waals surface area contributed by atoms with Crippen LogP contribution in [0.15, 0.2) is 17.5 Å². The molecule has 0 spiro atoms. The largest absolute Gasteiger partial charge is 0.467 e. The molecule has 0 radical (unpaired) electrons. The lowest BCUT2D eigenvalue weighted by molar-refractivity contribution is -0.145. The van der Waals surface area contributed by atoms with Gasteiger partial charge in [0.05, 0.1) is 7.11 Å². The van der Waals surface area contributed by atoms with Crippen LogP contribution in [-0.4, -0.2) is 25.0 Å². The van der Waals surface area contributed by atoms with Crippen molar-refractivity contribution in [3.63, 3.8) is 0 Å². The molecule has 1 aromatic rings. The summed E-state index contributed by atoms with van der Waals surface area (Å²) in [5, 5.41) is 4.74. The summed E-state index contributed by atoms with van der Waals surface area (Å²) in [6.07, 6.45) is 1.70. The van der Waals surface area contributed by atoms with Crippen LogP contribution in [0, 0.1) is 5.92 Å². The van der Waals surface area contributed by atoms with Gasteiger partial charge in [-0.1, -0.05) is 19.9 Å². The molecule has 1 rings (SSSR count). The van der Waals surface area contributed by atoms with Crippen molar-refractivity contribution < 1.29 is 14.3 Å². The summed E-state index contributed by atoms with van der Waals surface area (Å²) in [7, 11) is 1.34. The molecule has 5 heteroatoms. The first-order valence-electron chi connectivity index (χ1n) is 6.42. The van der Waals surface area contributed by atoms with Gasteiger partial charge < -0.3 is 10.1 Å². The standard InChI is InChI=1S/C14H21NO3S/c1-10(2)9-12(14(17)18-3)15-13(16)7-6-11-5-4-8-19-11/h4-5,8,10,12H,6-7,9H2,1-3H3,(H,15,16). The molecule has 0 aliphatic rings. The zero-order chi connectivity index (χ0) is 14.3. The molecule has 1 atom stereocenters. The summed E-state index contributed by atoms with van der Waals surface area (Å²) in [6.45, 7) is 4.02. The number of esters is 1. The Hall–Kier alpha value is -1.36. The van der Waals surface area contributed by atoms with Gasteiger partial charge in [0.1, 0.15) is 6.04 Å². The van der Waals surface area contributed by atoms with Crippen molar-refractivity contribution in [1.29, 1.82) is 0 Å². The number of carbonyl (C=O) groups is 2. The Labute approximate surface area is 118 Å². The smallest absolute Gasteiger partial charge is 0.328 e. The number of rotatable bonds is 7. The number of hydrogen-bond acceptors (Lipinski definition) is 4. The van der Waals surface area contributed by atoms with Crippen molar-refractivity contribution in [2.45, 2.75) is 39.2 Å². The molecule has 1 unspecified atom stereocenters. The van der Waals surface area contributed by atoms with Gasteiger partial charge in [-0.05, 0) is 30.2 Å². The number of thiophene rings is 1. The van der Waals surface area contributed by atoms with Crippen molar-refractivity contribution in [3.05, 3.63) is 22.4 Å². The first-order valence-corrected chi connectivity index (χ1v) is 7.30. The molecule has 1 aromatic heterocycles. The molecule has 4 nitrogen and oxygen atoms in total. The maximum Gasteiger partial charge on any atom is 0.328 e. The zero-order valence-corrected chi connectivity index (χ0v) is 12.5. The second-order valence-electron chi connectivity index (χ2n) is 4.85. The average Bonchev–Trinajstić information content (AvgIpc) is 2.87. The van der Waals surface area contributed by atoms with Gasteiger partial charge >= 0.3 is 5.97 Å². The Bertz CT molecular complexity index is 401. The quantitative estimate of drug-likeness (QED) is 0.782. The van der Waals surface area contributed by atoms with Crippen LogP contribution in [0.2, 0.25) is 0 Å². The molecule has 0 aliphatic heterocycles. The summed E-state index contributed by atoms with van der Waals surface area (Å²) in [4.78, 5) is 24.6. The average molecular weight is 283 g/mol. The van der Waals surface area contributed by atoms with Crippen molar-refractivity contribution in [2.24, 2.45) is 5.92 Å². The van der Waals surface area contributed by atoms with Gasteiger partial charge in [0, 0.05) is 11.3 Å². The summed E-state index contributed by atoms with van der Waals surface area (Å²) in [5.74, 6) is -0.163. The first kappa shape index (κ1) is 15.7. The van der Waals surface area contributed by atoms with E-state index in [1.165, 1.54) is 12.0 Å². The van der Waals surface area contributed by atoms with Crippen LogP contribution in [0.25, 0.3) is 0 Å². The molecule has 106 valence electrons. The monoisotopic (exact) mass is 283 g/mol. The van der Waals surface area contributed by atoms with E-state index in [0.29, 0.717) is 25.2 Å². The first-order chi connectivity index (χ1) is 9.02. The van der Waals surface area contributed by atoms with Crippen LogP contribution in [0.4, 0.5) is 0 Å². The second kappa shape index (κ2) is 7.94. The van der Waals surface area contributed by atoms with Crippen molar-refractivity contribution in [2.75, 3.05) is 7.11 Å². The summed E-state index contributed by atoms with van der Waals surface area (Å²) in [5.41, 5.74) is 0. The fraction of sp³-hybridized carbons (Fsp3) is 0.571. The molecule has 1 heterocycles. The minimum absolute atomic E-state index is 0.107. The van der Waals surface area contributed by atoms with Gasteiger partial charge in [0.15, 0.2) is 0 Å². The van der Waals surface area contributed by atoms with E-state index < -0.39 is 6.04 Å². The number of nitrogens with one attached hydrogen (secondary N) is 1. The van der Waals surface area contributed by atoms with E-state index in [1.807, 2.05) is 31.4 Å². The molecular weight excluding hydrogens is 262 g/mol. The van der Waals surface area contributed by atoms with E-state index in [9.17, 15) is 9.59 Å². The maximum atomic E-state index is 11.8. The highest BCUT2D eigenvalue weighted by Gasteiger charge is 2.22.